The van der Waals surface area contributed by atoms with E-state index in [9.17, 15) is 19.2 Å². The van der Waals surface area contributed by atoms with E-state index in [4.69, 9.17) is 9.94 Å². The molecule has 1 aromatic carbocycles. The number of hydrogen-bond donors (Lipinski definition) is 3. The molecule has 0 saturated heterocycles. The molecule has 0 aromatic heterocycles. The van der Waals surface area contributed by atoms with Gasteiger partial charge in [-0.15, -0.1) is 0 Å². The highest BCUT2D eigenvalue weighted by molar-refractivity contribution is 5.82. The van der Waals surface area contributed by atoms with Gasteiger partial charge < -0.3 is 9.64 Å². The van der Waals surface area contributed by atoms with Crippen LogP contribution in [0.3, 0.4) is 0 Å². The monoisotopic (exact) mass is 554 g/mol. The molecule has 1 aliphatic heterocycles. The zero-order valence-electron chi connectivity index (χ0n) is 23.2. The van der Waals surface area contributed by atoms with Crippen LogP contribution in [0.15, 0.2) is 41.5 Å². The molecule has 1 heterocycles. The van der Waals surface area contributed by atoms with Crippen molar-refractivity contribution in [2.24, 2.45) is 5.10 Å². The number of carbonyl (C=O) groups is 4. The molecule has 3 N–H and O–H groups in total. The highest BCUT2D eigenvalue weighted by Crippen LogP contribution is 2.28. The van der Waals surface area contributed by atoms with Crippen molar-refractivity contribution in [2.45, 2.75) is 109 Å². The lowest BCUT2D eigenvalue weighted by Crippen LogP contribution is -2.49. The van der Waals surface area contributed by atoms with E-state index in [1.807, 2.05) is 41.3 Å². The molecule has 0 bridgehead atoms. The summed E-state index contributed by atoms with van der Waals surface area (Å²) in [6.07, 6.45) is 14.5. The summed E-state index contributed by atoms with van der Waals surface area (Å²) >= 11 is 0. The summed E-state index contributed by atoms with van der Waals surface area (Å²) in [6, 6.07) is 7.58. The Balaban J connectivity index is 1.51. The summed E-state index contributed by atoms with van der Waals surface area (Å²) in [5.74, 6) is -0.699. The Morgan fingerprint density at radius 2 is 1.62 bits per heavy atom. The number of rotatable bonds is 11. The minimum Gasteiger partial charge on any atom is -0.460 e. The molecule has 3 rings (SSSR count). The number of allylic oxidation sites excluding steroid dienone is 2. The van der Waals surface area contributed by atoms with Gasteiger partial charge in [-0.05, 0) is 56.1 Å². The molecule has 0 spiro atoms. The third-order valence-corrected chi connectivity index (χ3v) is 7.30. The molecular formula is C30H42N4O6. The Kier molecular flexibility index (Phi) is 13.3. The molecule has 1 aliphatic carbocycles. The number of nitrogens with zero attached hydrogens (tertiary/aromatic N) is 2. The maximum Gasteiger partial charge on any atom is 0.306 e. The number of fused-ring (bicyclic) bond motifs is 1. The first-order chi connectivity index (χ1) is 19.5. The third-order valence-electron chi connectivity index (χ3n) is 7.30. The van der Waals surface area contributed by atoms with E-state index in [1.165, 1.54) is 0 Å². The molecule has 2 aliphatic rings. The van der Waals surface area contributed by atoms with Gasteiger partial charge in [0.25, 0.3) is 0 Å². The number of hydroxylamine groups is 1. The number of carbonyl (C=O) groups excluding carboxylic acids is 4. The number of esters is 1. The fourth-order valence-corrected chi connectivity index (χ4v) is 5.10. The maximum atomic E-state index is 13.3. The van der Waals surface area contributed by atoms with Crippen molar-refractivity contribution in [2.75, 3.05) is 0 Å². The van der Waals surface area contributed by atoms with Crippen molar-refractivity contribution in [3.8, 4) is 0 Å². The van der Waals surface area contributed by atoms with Gasteiger partial charge in [0.15, 0.2) is 0 Å². The number of benzene rings is 1. The Labute approximate surface area is 236 Å². The first-order valence-corrected chi connectivity index (χ1v) is 14.4. The number of unbranched alkanes of at least 4 members (excludes halogenated alkanes) is 3. The van der Waals surface area contributed by atoms with E-state index >= 15 is 0 Å². The van der Waals surface area contributed by atoms with Crippen LogP contribution in [0.5, 0.6) is 0 Å². The van der Waals surface area contributed by atoms with Crippen molar-refractivity contribution in [3.63, 3.8) is 0 Å². The molecular weight excluding hydrogens is 512 g/mol. The second kappa shape index (κ2) is 17.2. The summed E-state index contributed by atoms with van der Waals surface area (Å²) in [6.45, 7) is 0.445. The van der Waals surface area contributed by atoms with Crippen molar-refractivity contribution in [1.29, 1.82) is 0 Å². The summed E-state index contributed by atoms with van der Waals surface area (Å²) in [4.78, 5) is 50.5. The highest BCUT2D eigenvalue weighted by atomic mass is 16.5. The van der Waals surface area contributed by atoms with Crippen LogP contribution in [0, 0.1) is 0 Å². The molecule has 10 nitrogen and oxygen atoms in total. The standard InChI is InChI=1S/C30H42N4O6/c35-27(13-5-1-2-6-14-28(36)33-39)32-31-21-23-17-19-24(20-18-23)22-34-25-11-9-10-12-26(25)40-30(38)16-8-4-3-7-15-29(34)37/h3-4,17-21,25-26,39H,1-2,5-16,22H2,(H,32,35)(H,33,36)/b4-3+,31-21+/t25-,26-/m1/s1. The number of ether oxygens (including phenoxy) is 1. The highest BCUT2D eigenvalue weighted by Gasteiger charge is 2.35. The van der Waals surface area contributed by atoms with Crippen molar-refractivity contribution in [1.82, 2.24) is 15.8 Å². The summed E-state index contributed by atoms with van der Waals surface area (Å²) in [5, 5.41) is 12.5. The van der Waals surface area contributed by atoms with Gasteiger partial charge in [-0.3, -0.25) is 24.4 Å². The molecule has 218 valence electrons. The van der Waals surface area contributed by atoms with Crippen LogP contribution < -0.4 is 10.9 Å². The van der Waals surface area contributed by atoms with Crippen LogP contribution in [0.1, 0.15) is 101 Å². The number of hydrazone groups is 1. The first-order valence-electron chi connectivity index (χ1n) is 14.4. The minimum absolute atomic E-state index is 0.0715. The van der Waals surface area contributed by atoms with E-state index in [1.54, 1.807) is 11.7 Å². The number of hydrogen-bond acceptors (Lipinski definition) is 7. The van der Waals surface area contributed by atoms with Crippen LogP contribution in [-0.2, 0) is 30.5 Å². The minimum atomic E-state index is -0.398. The van der Waals surface area contributed by atoms with Gasteiger partial charge >= 0.3 is 5.97 Å². The fraction of sp³-hybridized carbons (Fsp3) is 0.567. The van der Waals surface area contributed by atoms with Crippen molar-refractivity contribution in [3.05, 3.63) is 47.5 Å². The maximum absolute atomic E-state index is 13.3. The van der Waals surface area contributed by atoms with Crippen molar-refractivity contribution < 1.29 is 29.1 Å². The van der Waals surface area contributed by atoms with Crippen LogP contribution in [0.25, 0.3) is 0 Å². The number of amides is 3. The van der Waals surface area contributed by atoms with E-state index in [-0.39, 0.29) is 36.4 Å². The molecule has 0 radical (unpaired) electrons. The normalized spacial score (nSPS) is 21.1. The van der Waals surface area contributed by atoms with E-state index < -0.39 is 5.91 Å². The summed E-state index contributed by atoms with van der Waals surface area (Å²) in [5.41, 5.74) is 5.94. The average Bonchev–Trinajstić information content (AvgIpc) is 2.95. The molecule has 10 heteroatoms. The molecule has 3 amide bonds. The Hall–Kier alpha value is -3.53. The van der Waals surface area contributed by atoms with E-state index in [0.29, 0.717) is 51.5 Å². The Morgan fingerprint density at radius 1 is 0.950 bits per heavy atom. The van der Waals surface area contributed by atoms with Gasteiger partial charge in [0.05, 0.1) is 12.3 Å². The Morgan fingerprint density at radius 3 is 2.35 bits per heavy atom. The van der Waals surface area contributed by atoms with Crippen LogP contribution in [0.2, 0.25) is 0 Å². The quantitative estimate of drug-likeness (QED) is 0.0932. The van der Waals surface area contributed by atoms with Crippen LogP contribution in [0.4, 0.5) is 0 Å². The predicted molar refractivity (Wildman–Crippen MR) is 150 cm³/mol. The smallest absolute Gasteiger partial charge is 0.306 e. The van der Waals surface area contributed by atoms with Gasteiger partial charge in [-0.25, -0.2) is 10.9 Å². The van der Waals surface area contributed by atoms with E-state index in [0.717, 1.165) is 49.7 Å². The SMILES string of the molecule is O=C(CCCCCCC(=O)N/N=C/c1ccc(CN2C(=O)CC/C=C/CCC(=O)O[C@@H]3CCCC[C@H]32)cc1)NO. The first kappa shape index (κ1) is 31.0. The lowest BCUT2D eigenvalue weighted by Gasteiger charge is -2.39. The predicted octanol–water partition coefficient (Wildman–Crippen LogP) is 4.30. The van der Waals surface area contributed by atoms with Crippen LogP contribution in [-0.4, -0.2) is 52.2 Å². The molecule has 40 heavy (non-hydrogen) atoms. The molecule has 1 saturated carbocycles. The fourth-order valence-electron chi connectivity index (χ4n) is 5.10. The zero-order valence-corrected chi connectivity index (χ0v) is 23.2. The van der Waals surface area contributed by atoms with Gasteiger partial charge in [0.2, 0.25) is 17.7 Å². The van der Waals surface area contributed by atoms with Gasteiger partial charge in [0, 0.05) is 32.2 Å². The van der Waals surface area contributed by atoms with E-state index in [2.05, 4.69) is 10.5 Å². The van der Waals surface area contributed by atoms with Crippen molar-refractivity contribution >= 4 is 29.9 Å². The van der Waals surface area contributed by atoms with Gasteiger partial charge in [0.1, 0.15) is 6.10 Å². The Bertz CT molecular complexity index is 1040. The second-order valence-corrected chi connectivity index (χ2v) is 10.4. The lowest BCUT2D eigenvalue weighted by atomic mass is 9.90. The second-order valence-electron chi connectivity index (χ2n) is 10.4. The van der Waals surface area contributed by atoms with Crippen LogP contribution >= 0.6 is 0 Å². The van der Waals surface area contributed by atoms with Gasteiger partial charge in [-0.2, -0.15) is 5.10 Å². The number of nitrogens with one attached hydrogen (secondary N) is 2. The largest absolute Gasteiger partial charge is 0.460 e. The molecule has 1 fully saturated rings. The molecule has 2 atom stereocenters. The lowest BCUT2D eigenvalue weighted by molar-refractivity contribution is -0.159. The average molecular weight is 555 g/mol. The summed E-state index contributed by atoms with van der Waals surface area (Å²) in [7, 11) is 0. The molecule has 1 aromatic rings. The third kappa shape index (κ3) is 10.9. The topological polar surface area (TPSA) is 137 Å². The van der Waals surface area contributed by atoms with Gasteiger partial charge in [-0.1, -0.05) is 55.7 Å². The summed E-state index contributed by atoms with van der Waals surface area (Å²) < 4.78 is 5.84. The molecule has 0 unspecified atom stereocenters. The zero-order chi connectivity index (χ0) is 28.6.